The predicted octanol–water partition coefficient (Wildman–Crippen LogP) is 1.63. The summed E-state index contributed by atoms with van der Waals surface area (Å²) in [6.45, 7) is 2.44. The van der Waals surface area contributed by atoms with E-state index in [1.54, 1.807) is 7.11 Å². The van der Waals surface area contributed by atoms with Crippen LogP contribution in [-0.2, 0) is 22.4 Å². The van der Waals surface area contributed by atoms with Crippen molar-refractivity contribution >= 4 is 17.2 Å². The molecule has 1 N–H and O–H groups in total. The number of carbonyl (C=O) groups is 1. The maximum absolute atomic E-state index is 12.0. The molecule has 118 valence electrons. The number of ether oxygens (including phenoxy) is 2. The Hall–Kier alpha value is -1.70. The van der Waals surface area contributed by atoms with E-state index in [1.165, 1.54) is 16.9 Å². The van der Waals surface area contributed by atoms with Crippen molar-refractivity contribution in [3.63, 3.8) is 0 Å². The molecule has 0 aliphatic carbocycles. The Morgan fingerprint density at radius 1 is 1.64 bits per heavy atom. The minimum absolute atomic E-state index is 0.0652. The molecule has 2 aromatic heterocycles. The topological polar surface area (TPSA) is 65.4 Å². The van der Waals surface area contributed by atoms with Crippen LogP contribution in [0, 0.1) is 0 Å². The molecule has 22 heavy (non-hydrogen) atoms. The zero-order valence-corrected chi connectivity index (χ0v) is 13.3. The summed E-state index contributed by atoms with van der Waals surface area (Å²) >= 11 is 1.43. The molecule has 0 bridgehead atoms. The zero-order valence-electron chi connectivity index (χ0n) is 12.4. The van der Waals surface area contributed by atoms with Crippen LogP contribution < -0.4 is 5.32 Å². The predicted molar refractivity (Wildman–Crippen MR) is 83.2 cm³/mol. The molecule has 6 nitrogen and oxygen atoms in total. The number of nitrogens with zero attached hydrogens (tertiary/aromatic N) is 2. The molecule has 0 unspecified atom stereocenters. The fourth-order valence-electron chi connectivity index (χ4n) is 2.47. The summed E-state index contributed by atoms with van der Waals surface area (Å²) in [5.74, 6) is -0.0652. The molecule has 0 aromatic carbocycles. The van der Waals surface area contributed by atoms with E-state index in [4.69, 9.17) is 9.47 Å². The molecule has 0 fully saturated rings. The van der Waals surface area contributed by atoms with Crippen LogP contribution >= 0.6 is 11.3 Å². The monoisotopic (exact) mass is 321 g/mol. The van der Waals surface area contributed by atoms with E-state index in [0.717, 1.165) is 18.7 Å². The van der Waals surface area contributed by atoms with Crippen molar-refractivity contribution in [3.05, 3.63) is 39.8 Å². The van der Waals surface area contributed by atoms with Crippen molar-refractivity contribution in [3.8, 4) is 0 Å². The maximum Gasteiger partial charge on any atom is 0.261 e. The van der Waals surface area contributed by atoms with E-state index in [1.807, 2.05) is 28.4 Å². The molecule has 2 aromatic rings. The number of hydrogen-bond acceptors (Lipinski definition) is 5. The van der Waals surface area contributed by atoms with Crippen molar-refractivity contribution in [2.75, 3.05) is 26.9 Å². The van der Waals surface area contributed by atoms with Crippen LogP contribution in [0.15, 0.2) is 23.7 Å². The number of aromatic nitrogens is 2. The highest BCUT2D eigenvalue weighted by Crippen LogP contribution is 2.25. The van der Waals surface area contributed by atoms with Crippen molar-refractivity contribution in [1.29, 1.82) is 0 Å². The Morgan fingerprint density at radius 3 is 3.32 bits per heavy atom. The first-order valence-electron chi connectivity index (χ1n) is 7.26. The molecular weight excluding hydrogens is 302 g/mol. The highest BCUT2D eigenvalue weighted by molar-refractivity contribution is 7.12. The van der Waals surface area contributed by atoms with Gasteiger partial charge in [-0.1, -0.05) is 6.07 Å². The van der Waals surface area contributed by atoms with Crippen molar-refractivity contribution in [2.45, 2.75) is 19.1 Å². The molecule has 0 spiro atoms. The molecule has 0 saturated heterocycles. The van der Waals surface area contributed by atoms with Crippen molar-refractivity contribution in [1.82, 2.24) is 15.1 Å². The van der Waals surface area contributed by atoms with Crippen LogP contribution in [0.4, 0.5) is 0 Å². The second kappa shape index (κ2) is 7.04. The lowest BCUT2D eigenvalue weighted by atomic mass is 10.1. The molecule has 1 amide bonds. The lowest BCUT2D eigenvalue weighted by Gasteiger charge is -2.22. The number of fused-ring (bicyclic) bond motifs is 1. The van der Waals surface area contributed by atoms with Crippen LogP contribution in [0.1, 0.15) is 27.0 Å². The van der Waals surface area contributed by atoms with E-state index in [9.17, 15) is 4.79 Å². The van der Waals surface area contributed by atoms with E-state index in [2.05, 4.69) is 10.4 Å². The minimum atomic E-state index is -0.184. The van der Waals surface area contributed by atoms with Gasteiger partial charge in [0.25, 0.3) is 5.91 Å². The number of amides is 1. The van der Waals surface area contributed by atoms with Gasteiger partial charge >= 0.3 is 0 Å². The average molecular weight is 321 g/mol. The minimum Gasteiger partial charge on any atom is -0.383 e. The summed E-state index contributed by atoms with van der Waals surface area (Å²) in [7, 11) is 1.68. The third-order valence-electron chi connectivity index (χ3n) is 3.58. The smallest absolute Gasteiger partial charge is 0.261 e. The van der Waals surface area contributed by atoms with Gasteiger partial charge < -0.3 is 14.8 Å². The second-order valence-electron chi connectivity index (χ2n) is 5.09. The lowest BCUT2D eigenvalue weighted by Crippen LogP contribution is -2.31. The van der Waals surface area contributed by atoms with Gasteiger partial charge in [-0.05, 0) is 23.4 Å². The Morgan fingerprint density at radius 2 is 2.55 bits per heavy atom. The number of carbonyl (C=O) groups excluding carboxylic acids is 1. The summed E-state index contributed by atoms with van der Waals surface area (Å²) < 4.78 is 12.7. The average Bonchev–Trinajstić information content (AvgIpc) is 3.19. The van der Waals surface area contributed by atoms with Gasteiger partial charge in [0.2, 0.25) is 0 Å². The summed E-state index contributed by atoms with van der Waals surface area (Å²) in [5, 5.41) is 9.38. The lowest BCUT2D eigenvalue weighted by molar-refractivity contribution is 0.0383. The van der Waals surface area contributed by atoms with Gasteiger partial charge in [0.05, 0.1) is 30.3 Å². The van der Waals surface area contributed by atoms with Gasteiger partial charge in [-0.15, -0.1) is 11.3 Å². The van der Waals surface area contributed by atoms with E-state index >= 15 is 0 Å². The maximum atomic E-state index is 12.0. The van der Waals surface area contributed by atoms with Crippen LogP contribution in [-0.4, -0.2) is 42.6 Å². The first-order valence-corrected chi connectivity index (χ1v) is 8.14. The summed E-state index contributed by atoms with van der Waals surface area (Å²) in [6.07, 6.45) is 2.72. The van der Waals surface area contributed by atoms with Gasteiger partial charge in [-0.2, -0.15) is 5.10 Å². The van der Waals surface area contributed by atoms with E-state index in [0.29, 0.717) is 24.6 Å². The number of methoxy groups -OCH3 is 1. The summed E-state index contributed by atoms with van der Waals surface area (Å²) in [5.41, 5.74) is 2.12. The van der Waals surface area contributed by atoms with E-state index in [-0.39, 0.29) is 12.0 Å². The molecule has 7 heteroatoms. The largest absolute Gasteiger partial charge is 0.383 e. The number of hydrogen-bond donors (Lipinski definition) is 1. The van der Waals surface area contributed by atoms with Crippen molar-refractivity contribution in [2.24, 2.45) is 0 Å². The molecule has 1 aliphatic rings. The number of thiophene rings is 1. The Balaban J connectivity index is 1.64. The first-order chi connectivity index (χ1) is 10.8. The van der Waals surface area contributed by atoms with Crippen LogP contribution in [0.3, 0.4) is 0 Å². The third kappa shape index (κ3) is 3.37. The summed E-state index contributed by atoms with van der Waals surface area (Å²) in [6, 6.07) is 3.68. The molecule has 1 atom stereocenters. The first kappa shape index (κ1) is 15.2. The van der Waals surface area contributed by atoms with Crippen LogP contribution in [0.25, 0.3) is 0 Å². The number of rotatable bonds is 6. The van der Waals surface area contributed by atoms with Gasteiger partial charge in [-0.3, -0.25) is 9.48 Å². The third-order valence-corrected chi connectivity index (χ3v) is 4.45. The fourth-order valence-corrected chi connectivity index (χ4v) is 3.11. The SMILES string of the molecule is COCCn1cc2c(n1)[C@@H](CNC(=O)c1cccs1)OCC2. The Bertz CT molecular complexity index is 624. The second-order valence-corrected chi connectivity index (χ2v) is 6.04. The van der Waals surface area contributed by atoms with Crippen LogP contribution in [0.2, 0.25) is 0 Å². The standard InChI is InChI=1S/C15H19N3O3S/c1-20-7-5-18-10-11-4-6-21-12(14(11)17-18)9-16-15(19)13-3-2-8-22-13/h2-3,8,10,12H,4-7,9H2,1H3,(H,16,19)/t12-/m1/s1. The molecule has 1 aliphatic heterocycles. The highest BCUT2D eigenvalue weighted by Gasteiger charge is 2.25. The van der Waals surface area contributed by atoms with Crippen LogP contribution in [0.5, 0.6) is 0 Å². The van der Waals surface area contributed by atoms with Gasteiger partial charge in [-0.25, -0.2) is 0 Å². The Labute approximate surface area is 133 Å². The van der Waals surface area contributed by atoms with Crippen molar-refractivity contribution < 1.29 is 14.3 Å². The number of nitrogens with one attached hydrogen (secondary N) is 1. The molecule has 3 rings (SSSR count). The quantitative estimate of drug-likeness (QED) is 0.878. The highest BCUT2D eigenvalue weighted by atomic mass is 32.1. The van der Waals surface area contributed by atoms with Gasteiger partial charge in [0.1, 0.15) is 6.10 Å². The molecule has 0 radical (unpaired) electrons. The van der Waals surface area contributed by atoms with Gasteiger partial charge in [0.15, 0.2) is 0 Å². The zero-order chi connectivity index (χ0) is 15.4. The molecule has 0 saturated carbocycles. The summed E-state index contributed by atoms with van der Waals surface area (Å²) in [4.78, 5) is 12.7. The van der Waals surface area contributed by atoms with Gasteiger partial charge in [0, 0.05) is 19.9 Å². The van der Waals surface area contributed by atoms with E-state index < -0.39 is 0 Å². The molecule has 3 heterocycles. The molecular formula is C15H19N3O3S. The Kier molecular flexibility index (Phi) is 4.87. The fraction of sp³-hybridized carbons (Fsp3) is 0.467. The normalized spacial score (nSPS) is 17.2.